The molecule has 0 aromatic heterocycles. The van der Waals surface area contributed by atoms with Gasteiger partial charge in [-0.05, 0) is 42.2 Å². The van der Waals surface area contributed by atoms with Crippen LogP contribution in [0, 0.1) is 0 Å². The molecule has 1 saturated carbocycles. The molecule has 0 radical (unpaired) electrons. The van der Waals surface area contributed by atoms with Crippen LogP contribution >= 0.6 is 15.9 Å². The van der Waals surface area contributed by atoms with E-state index in [2.05, 4.69) is 57.6 Å². The number of nitrogens with one attached hydrogen (secondary N) is 1. The molecule has 20 heavy (non-hydrogen) atoms. The third kappa shape index (κ3) is 3.05. The molecule has 2 aromatic rings. The zero-order valence-electron chi connectivity index (χ0n) is 11.5. The van der Waals surface area contributed by atoms with E-state index < -0.39 is 0 Å². The number of hydrogen-bond donors (Lipinski definition) is 1. The molecule has 3 heteroatoms. The highest BCUT2D eigenvalue weighted by Gasteiger charge is 2.20. The van der Waals surface area contributed by atoms with Gasteiger partial charge >= 0.3 is 0 Å². The molecule has 0 aliphatic heterocycles. The first kappa shape index (κ1) is 13.7. The van der Waals surface area contributed by atoms with Gasteiger partial charge in [-0.15, -0.1) is 0 Å². The Bertz CT molecular complexity index is 608. The summed E-state index contributed by atoms with van der Waals surface area (Å²) < 4.78 is 6.58. The summed E-state index contributed by atoms with van der Waals surface area (Å²) in [7, 11) is 1.73. The summed E-state index contributed by atoms with van der Waals surface area (Å²) in [5.74, 6) is 0.953. The molecule has 0 bridgehead atoms. The van der Waals surface area contributed by atoms with Gasteiger partial charge in [-0.25, -0.2) is 0 Å². The number of ether oxygens (including phenoxy) is 1. The van der Waals surface area contributed by atoms with Gasteiger partial charge < -0.3 is 10.1 Å². The lowest BCUT2D eigenvalue weighted by Crippen LogP contribution is -2.15. The molecule has 1 N–H and O–H groups in total. The van der Waals surface area contributed by atoms with Gasteiger partial charge in [-0.2, -0.15) is 0 Å². The lowest BCUT2D eigenvalue weighted by molar-refractivity contribution is 0.407. The Hall–Kier alpha value is -1.32. The van der Waals surface area contributed by atoms with Crippen LogP contribution in [0.25, 0.3) is 11.1 Å². The smallest absolute Gasteiger partial charge is 0.123 e. The van der Waals surface area contributed by atoms with Crippen molar-refractivity contribution in [3.05, 3.63) is 52.5 Å². The monoisotopic (exact) mass is 331 g/mol. The summed E-state index contributed by atoms with van der Waals surface area (Å²) in [5.41, 5.74) is 3.64. The maximum atomic E-state index is 5.47. The maximum Gasteiger partial charge on any atom is 0.123 e. The number of halogens is 1. The highest BCUT2D eigenvalue weighted by molar-refractivity contribution is 9.10. The summed E-state index contributed by atoms with van der Waals surface area (Å²) in [6.07, 6.45) is 2.60. The Labute approximate surface area is 128 Å². The van der Waals surface area contributed by atoms with Crippen LogP contribution in [0.2, 0.25) is 0 Å². The predicted molar refractivity (Wildman–Crippen MR) is 86.0 cm³/mol. The predicted octanol–water partition coefficient (Wildman–Crippen LogP) is 4.38. The van der Waals surface area contributed by atoms with E-state index in [1.54, 1.807) is 7.11 Å². The average molecular weight is 332 g/mol. The van der Waals surface area contributed by atoms with E-state index in [0.717, 1.165) is 16.8 Å². The molecule has 2 nitrogen and oxygen atoms in total. The van der Waals surface area contributed by atoms with Crippen LogP contribution in [-0.4, -0.2) is 13.2 Å². The zero-order valence-corrected chi connectivity index (χ0v) is 13.1. The fourth-order valence-corrected chi connectivity index (χ4v) is 2.84. The Morgan fingerprint density at radius 1 is 1.20 bits per heavy atom. The van der Waals surface area contributed by atoms with Crippen LogP contribution < -0.4 is 10.1 Å². The lowest BCUT2D eigenvalue weighted by atomic mass is 10.0. The van der Waals surface area contributed by atoms with Crippen molar-refractivity contribution in [3.63, 3.8) is 0 Å². The van der Waals surface area contributed by atoms with E-state index in [9.17, 15) is 0 Å². The summed E-state index contributed by atoms with van der Waals surface area (Å²) in [6, 6.07) is 15.4. The molecule has 0 heterocycles. The SMILES string of the molecule is COc1ccc(-c2ccccc2Br)cc1CNC1CC1. The van der Waals surface area contributed by atoms with Crippen molar-refractivity contribution >= 4 is 15.9 Å². The molecule has 0 spiro atoms. The quantitative estimate of drug-likeness (QED) is 0.877. The Morgan fingerprint density at radius 2 is 2.00 bits per heavy atom. The van der Waals surface area contributed by atoms with Crippen LogP contribution in [0.4, 0.5) is 0 Å². The van der Waals surface area contributed by atoms with Crippen molar-refractivity contribution in [1.82, 2.24) is 5.32 Å². The first-order valence-corrected chi connectivity index (χ1v) is 7.72. The number of hydrogen-bond acceptors (Lipinski definition) is 2. The first-order valence-electron chi connectivity index (χ1n) is 6.93. The summed E-state index contributed by atoms with van der Waals surface area (Å²) in [5, 5.41) is 3.55. The summed E-state index contributed by atoms with van der Waals surface area (Å²) in [4.78, 5) is 0. The van der Waals surface area contributed by atoms with Crippen LogP contribution in [0.5, 0.6) is 5.75 Å². The third-order valence-electron chi connectivity index (χ3n) is 3.62. The van der Waals surface area contributed by atoms with Crippen molar-refractivity contribution in [2.75, 3.05) is 7.11 Å². The second-order valence-electron chi connectivity index (χ2n) is 5.16. The summed E-state index contributed by atoms with van der Waals surface area (Å²) in [6.45, 7) is 0.867. The van der Waals surface area contributed by atoms with E-state index in [-0.39, 0.29) is 0 Å². The minimum atomic E-state index is 0.701. The van der Waals surface area contributed by atoms with Gasteiger partial charge in [0.25, 0.3) is 0 Å². The molecule has 1 aliphatic rings. The van der Waals surface area contributed by atoms with E-state index >= 15 is 0 Å². The molecule has 1 aliphatic carbocycles. The average Bonchev–Trinajstić information content (AvgIpc) is 3.29. The molecule has 0 atom stereocenters. The highest BCUT2D eigenvalue weighted by atomic mass is 79.9. The second kappa shape index (κ2) is 5.98. The van der Waals surface area contributed by atoms with Gasteiger partial charge in [0.15, 0.2) is 0 Å². The second-order valence-corrected chi connectivity index (χ2v) is 6.02. The molecular weight excluding hydrogens is 314 g/mol. The standard InChI is InChI=1S/C17H18BrNO/c1-20-17-9-6-12(15-4-2-3-5-16(15)18)10-13(17)11-19-14-7-8-14/h2-6,9-10,14,19H,7-8,11H2,1H3. The van der Waals surface area contributed by atoms with Gasteiger partial charge in [-0.3, -0.25) is 0 Å². The minimum Gasteiger partial charge on any atom is -0.496 e. The number of rotatable bonds is 5. The Kier molecular flexibility index (Phi) is 4.08. The topological polar surface area (TPSA) is 21.3 Å². The molecule has 1 fully saturated rings. The van der Waals surface area contributed by atoms with E-state index in [4.69, 9.17) is 4.74 Å². The molecule has 2 aromatic carbocycles. The molecule has 0 saturated heterocycles. The molecule has 0 amide bonds. The minimum absolute atomic E-state index is 0.701. The lowest BCUT2D eigenvalue weighted by Gasteiger charge is -2.12. The van der Waals surface area contributed by atoms with Gasteiger partial charge in [0.05, 0.1) is 7.11 Å². The molecule has 0 unspecified atom stereocenters. The van der Waals surface area contributed by atoms with Crippen molar-refractivity contribution in [3.8, 4) is 16.9 Å². The Morgan fingerprint density at radius 3 is 2.70 bits per heavy atom. The zero-order chi connectivity index (χ0) is 13.9. The van der Waals surface area contributed by atoms with Crippen LogP contribution in [0.1, 0.15) is 18.4 Å². The largest absolute Gasteiger partial charge is 0.496 e. The van der Waals surface area contributed by atoms with Gasteiger partial charge in [-0.1, -0.05) is 40.2 Å². The first-order chi connectivity index (χ1) is 9.78. The highest BCUT2D eigenvalue weighted by Crippen LogP contribution is 2.32. The van der Waals surface area contributed by atoms with Crippen molar-refractivity contribution in [2.45, 2.75) is 25.4 Å². The Balaban J connectivity index is 1.91. The maximum absolute atomic E-state index is 5.47. The molecule has 3 rings (SSSR count). The molecular formula is C17H18BrNO. The third-order valence-corrected chi connectivity index (χ3v) is 4.32. The van der Waals surface area contributed by atoms with E-state index in [1.165, 1.54) is 29.5 Å². The fraction of sp³-hybridized carbons (Fsp3) is 0.294. The van der Waals surface area contributed by atoms with Crippen LogP contribution in [0.3, 0.4) is 0 Å². The molecule has 104 valence electrons. The number of methoxy groups -OCH3 is 1. The van der Waals surface area contributed by atoms with Crippen molar-refractivity contribution < 1.29 is 4.74 Å². The van der Waals surface area contributed by atoms with E-state index in [1.807, 2.05) is 6.07 Å². The van der Waals surface area contributed by atoms with Crippen LogP contribution in [0.15, 0.2) is 46.9 Å². The van der Waals surface area contributed by atoms with Gasteiger partial charge in [0, 0.05) is 22.6 Å². The van der Waals surface area contributed by atoms with Crippen molar-refractivity contribution in [2.24, 2.45) is 0 Å². The van der Waals surface area contributed by atoms with Gasteiger partial charge in [0.1, 0.15) is 5.75 Å². The van der Waals surface area contributed by atoms with Gasteiger partial charge in [0.2, 0.25) is 0 Å². The van der Waals surface area contributed by atoms with Crippen molar-refractivity contribution in [1.29, 1.82) is 0 Å². The van der Waals surface area contributed by atoms with Crippen LogP contribution in [-0.2, 0) is 6.54 Å². The number of benzene rings is 2. The fourth-order valence-electron chi connectivity index (χ4n) is 2.32. The van der Waals surface area contributed by atoms with E-state index in [0.29, 0.717) is 6.04 Å². The normalized spacial score (nSPS) is 14.3. The summed E-state index contributed by atoms with van der Waals surface area (Å²) >= 11 is 3.62.